The van der Waals surface area contributed by atoms with Gasteiger partial charge in [-0.25, -0.2) is 4.39 Å². The summed E-state index contributed by atoms with van der Waals surface area (Å²) in [6, 6.07) is 12.1. The Bertz CT molecular complexity index is 878. The molecule has 0 radical (unpaired) electrons. The van der Waals surface area contributed by atoms with Crippen molar-refractivity contribution in [2.45, 2.75) is 19.5 Å². The molecule has 2 aromatic carbocycles. The maximum Gasteiger partial charge on any atom is 0.224 e. The normalized spacial score (nSPS) is 11.0. The van der Waals surface area contributed by atoms with Crippen molar-refractivity contribution in [1.29, 1.82) is 0 Å². The van der Waals surface area contributed by atoms with E-state index >= 15 is 0 Å². The Morgan fingerprint density at radius 3 is 2.83 bits per heavy atom. The number of hydrogen-bond acceptors (Lipinski definition) is 2. The van der Waals surface area contributed by atoms with Crippen LogP contribution in [0.15, 0.2) is 48.7 Å². The SMILES string of the molecule is CN(Cc1ccccc1F)C(=O)CCn1ncc2c(Cl)cccc21. The molecule has 3 rings (SSSR count). The summed E-state index contributed by atoms with van der Waals surface area (Å²) in [6.45, 7) is 0.696. The van der Waals surface area contributed by atoms with Crippen LogP contribution >= 0.6 is 11.6 Å². The Hall–Kier alpha value is -2.40. The summed E-state index contributed by atoms with van der Waals surface area (Å²) in [5.74, 6) is -0.367. The van der Waals surface area contributed by atoms with Crippen molar-refractivity contribution < 1.29 is 9.18 Å². The van der Waals surface area contributed by atoms with Crippen molar-refractivity contribution >= 4 is 28.4 Å². The Labute approximate surface area is 144 Å². The fourth-order valence-electron chi connectivity index (χ4n) is 2.61. The van der Waals surface area contributed by atoms with Crippen LogP contribution in [0.2, 0.25) is 5.02 Å². The topological polar surface area (TPSA) is 38.1 Å². The van der Waals surface area contributed by atoms with Crippen LogP contribution in [-0.2, 0) is 17.9 Å². The number of halogens is 2. The van der Waals surface area contributed by atoms with E-state index in [1.165, 1.54) is 11.0 Å². The number of hydrogen-bond donors (Lipinski definition) is 0. The second-order valence-corrected chi connectivity index (χ2v) is 6.04. The third-order valence-corrected chi connectivity index (χ3v) is 4.29. The number of aromatic nitrogens is 2. The zero-order chi connectivity index (χ0) is 17.1. The maximum atomic E-state index is 13.7. The van der Waals surface area contributed by atoms with Gasteiger partial charge >= 0.3 is 0 Å². The third-order valence-electron chi connectivity index (χ3n) is 3.96. The predicted molar refractivity (Wildman–Crippen MR) is 92.2 cm³/mol. The number of carbonyl (C=O) groups excluding carboxylic acids is 1. The molecule has 0 N–H and O–H groups in total. The fourth-order valence-corrected chi connectivity index (χ4v) is 2.83. The molecule has 0 atom stereocenters. The average molecular weight is 346 g/mol. The molecule has 24 heavy (non-hydrogen) atoms. The Balaban J connectivity index is 1.64. The molecule has 0 saturated heterocycles. The summed E-state index contributed by atoms with van der Waals surface area (Å²) < 4.78 is 15.4. The van der Waals surface area contributed by atoms with Crippen molar-refractivity contribution in [2.75, 3.05) is 7.05 Å². The van der Waals surface area contributed by atoms with Gasteiger partial charge in [-0.2, -0.15) is 5.10 Å². The molecule has 6 heteroatoms. The first-order valence-electron chi connectivity index (χ1n) is 7.63. The summed E-state index contributed by atoms with van der Waals surface area (Å²) in [5.41, 5.74) is 1.40. The molecular weight excluding hydrogens is 329 g/mol. The highest BCUT2D eigenvalue weighted by atomic mass is 35.5. The van der Waals surface area contributed by atoms with Crippen LogP contribution in [-0.4, -0.2) is 27.6 Å². The molecular formula is C18H17ClFN3O. The van der Waals surface area contributed by atoms with Crippen LogP contribution in [0.25, 0.3) is 10.9 Å². The first kappa shape index (κ1) is 16.5. The molecule has 4 nitrogen and oxygen atoms in total. The monoisotopic (exact) mass is 345 g/mol. The molecule has 0 saturated carbocycles. The number of fused-ring (bicyclic) bond motifs is 1. The zero-order valence-corrected chi connectivity index (χ0v) is 14.0. The summed E-state index contributed by atoms with van der Waals surface area (Å²) in [6.07, 6.45) is 1.99. The molecule has 1 aromatic heterocycles. The number of nitrogens with zero attached hydrogens (tertiary/aromatic N) is 3. The van der Waals surface area contributed by atoms with Gasteiger partial charge in [0, 0.05) is 31.0 Å². The summed E-state index contributed by atoms with van der Waals surface area (Å²) >= 11 is 6.12. The summed E-state index contributed by atoms with van der Waals surface area (Å²) in [5, 5.41) is 5.79. The van der Waals surface area contributed by atoms with Crippen molar-refractivity contribution in [3.8, 4) is 0 Å². The van der Waals surface area contributed by atoms with Gasteiger partial charge in [0.25, 0.3) is 0 Å². The molecule has 0 fully saturated rings. The zero-order valence-electron chi connectivity index (χ0n) is 13.2. The number of benzene rings is 2. The Morgan fingerprint density at radius 1 is 1.25 bits per heavy atom. The van der Waals surface area contributed by atoms with Crippen molar-refractivity contribution in [3.05, 3.63) is 65.1 Å². The van der Waals surface area contributed by atoms with E-state index in [4.69, 9.17) is 11.6 Å². The molecule has 0 spiro atoms. The molecule has 0 unspecified atom stereocenters. The van der Waals surface area contributed by atoms with Gasteiger partial charge in [-0.15, -0.1) is 0 Å². The first-order chi connectivity index (χ1) is 11.6. The van der Waals surface area contributed by atoms with Crippen molar-refractivity contribution in [3.63, 3.8) is 0 Å². The molecule has 0 bridgehead atoms. The summed E-state index contributed by atoms with van der Waals surface area (Å²) in [4.78, 5) is 13.8. The molecule has 0 aliphatic rings. The highest BCUT2D eigenvalue weighted by Gasteiger charge is 2.13. The van der Waals surface area contributed by atoms with Crippen LogP contribution in [0, 0.1) is 5.82 Å². The van der Waals surface area contributed by atoms with Crippen LogP contribution in [0.4, 0.5) is 4.39 Å². The fraction of sp³-hybridized carbons (Fsp3) is 0.222. The lowest BCUT2D eigenvalue weighted by Gasteiger charge is -2.17. The van der Waals surface area contributed by atoms with Crippen LogP contribution in [0.5, 0.6) is 0 Å². The number of carbonyl (C=O) groups is 1. The molecule has 124 valence electrons. The van der Waals surface area contributed by atoms with Crippen molar-refractivity contribution in [1.82, 2.24) is 14.7 Å². The smallest absolute Gasteiger partial charge is 0.224 e. The molecule has 1 amide bonds. The van der Waals surface area contributed by atoms with E-state index in [0.717, 1.165) is 10.9 Å². The minimum atomic E-state index is -0.301. The van der Waals surface area contributed by atoms with E-state index in [-0.39, 0.29) is 24.7 Å². The number of rotatable bonds is 5. The lowest BCUT2D eigenvalue weighted by Crippen LogP contribution is -2.27. The predicted octanol–water partition coefficient (Wildman–Crippen LogP) is 3.88. The van der Waals surface area contributed by atoms with Gasteiger partial charge in [-0.3, -0.25) is 9.48 Å². The minimum absolute atomic E-state index is 0.0658. The van der Waals surface area contributed by atoms with E-state index in [1.54, 1.807) is 36.1 Å². The lowest BCUT2D eigenvalue weighted by atomic mass is 10.2. The lowest BCUT2D eigenvalue weighted by molar-refractivity contribution is -0.130. The molecule has 0 aliphatic heterocycles. The second kappa shape index (κ2) is 7.01. The minimum Gasteiger partial charge on any atom is -0.341 e. The van der Waals surface area contributed by atoms with Gasteiger partial charge in [0.2, 0.25) is 5.91 Å². The highest BCUT2D eigenvalue weighted by molar-refractivity contribution is 6.35. The standard InChI is InChI=1S/C18H17ClFN3O/c1-22(12-13-5-2-3-7-16(13)20)18(24)9-10-23-17-8-4-6-15(19)14(17)11-21-23/h2-8,11H,9-10,12H2,1H3. The van der Waals surface area contributed by atoms with Gasteiger partial charge in [0.05, 0.1) is 23.3 Å². The van der Waals surface area contributed by atoms with Gasteiger partial charge in [-0.1, -0.05) is 35.9 Å². The molecule has 3 aromatic rings. The van der Waals surface area contributed by atoms with E-state index in [9.17, 15) is 9.18 Å². The molecule has 0 aliphatic carbocycles. The average Bonchev–Trinajstić information content (AvgIpc) is 2.99. The van der Waals surface area contributed by atoms with Crippen LogP contribution in [0.3, 0.4) is 0 Å². The summed E-state index contributed by atoms with van der Waals surface area (Å²) in [7, 11) is 1.67. The number of aryl methyl sites for hydroxylation is 1. The first-order valence-corrected chi connectivity index (χ1v) is 8.01. The van der Waals surface area contributed by atoms with E-state index < -0.39 is 0 Å². The van der Waals surface area contributed by atoms with Crippen LogP contribution in [0.1, 0.15) is 12.0 Å². The van der Waals surface area contributed by atoms with Gasteiger partial charge < -0.3 is 4.90 Å². The largest absolute Gasteiger partial charge is 0.341 e. The Morgan fingerprint density at radius 2 is 2.04 bits per heavy atom. The van der Waals surface area contributed by atoms with Crippen molar-refractivity contribution in [2.24, 2.45) is 0 Å². The molecule has 1 heterocycles. The number of amides is 1. The van der Waals surface area contributed by atoms with Crippen LogP contribution < -0.4 is 0 Å². The quantitative estimate of drug-likeness (QED) is 0.704. The van der Waals surface area contributed by atoms with Gasteiger partial charge in [0.1, 0.15) is 5.82 Å². The Kier molecular flexibility index (Phi) is 4.81. The third kappa shape index (κ3) is 3.41. The van der Waals surface area contributed by atoms with Gasteiger partial charge in [-0.05, 0) is 18.2 Å². The van der Waals surface area contributed by atoms with E-state index in [0.29, 0.717) is 17.1 Å². The van der Waals surface area contributed by atoms with E-state index in [2.05, 4.69) is 5.10 Å². The van der Waals surface area contributed by atoms with Gasteiger partial charge in [0.15, 0.2) is 0 Å². The maximum absolute atomic E-state index is 13.7. The highest BCUT2D eigenvalue weighted by Crippen LogP contribution is 2.22. The second-order valence-electron chi connectivity index (χ2n) is 5.63. The van der Waals surface area contributed by atoms with E-state index in [1.807, 2.05) is 18.2 Å².